The van der Waals surface area contributed by atoms with Gasteiger partial charge in [-0.2, -0.15) is 0 Å². The summed E-state index contributed by atoms with van der Waals surface area (Å²) in [7, 11) is 0. The van der Waals surface area contributed by atoms with Gasteiger partial charge in [-0.15, -0.1) is 13.2 Å². The van der Waals surface area contributed by atoms with Crippen LogP contribution in [-0.4, -0.2) is 24.2 Å². The van der Waals surface area contributed by atoms with Crippen LogP contribution in [0.1, 0.15) is 7.43 Å². The van der Waals surface area contributed by atoms with Gasteiger partial charge in [0, 0.05) is 13.1 Å². The third kappa shape index (κ3) is 47.3. The fraction of sp³-hybridized carbons (Fsp3) is 0.231. The summed E-state index contributed by atoms with van der Waals surface area (Å²) in [4.78, 5) is 19.8. The summed E-state index contributed by atoms with van der Waals surface area (Å²) in [6.45, 7) is 14.2. The molecular formula is C13H23ClN2O2. The molecule has 0 spiro atoms. The largest absolute Gasteiger partial charge is 0.349 e. The van der Waals surface area contributed by atoms with Crippen molar-refractivity contribution in [1.82, 2.24) is 5.32 Å². The zero-order chi connectivity index (χ0) is 14.1. The average molecular weight is 275 g/mol. The van der Waals surface area contributed by atoms with Crippen molar-refractivity contribution in [3.63, 3.8) is 0 Å². The van der Waals surface area contributed by atoms with Crippen molar-refractivity contribution in [3.8, 4) is 0 Å². The van der Waals surface area contributed by atoms with Gasteiger partial charge in [-0.25, -0.2) is 0 Å². The highest BCUT2D eigenvalue weighted by Crippen LogP contribution is 1.74. The lowest BCUT2D eigenvalue weighted by Gasteiger charge is -1.91. The fourth-order valence-corrected chi connectivity index (χ4v) is 0.245. The van der Waals surface area contributed by atoms with Crippen LogP contribution in [0.3, 0.4) is 0 Å². The van der Waals surface area contributed by atoms with Gasteiger partial charge in [0.15, 0.2) is 0 Å². The number of carbonyl (C=O) groups is 2. The van der Waals surface area contributed by atoms with Crippen LogP contribution in [-0.2, 0) is 9.59 Å². The van der Waals surface area contributed by atoms with Crippen molar-refractivity contribution in [2.75, 3.05) is 13.1 Å². The predicted octanol–water partition coefficient (Wildman–Crippen LogP) is 2.18. The maximum Gasteiger partial charge on any atom is 0.244 e. The highest BCUT2D eigenvalue weighted by atomic mass is 35.5. The number of hydrogen-bond acceptors (Lipinski definition) is 3. The summed E-state index contributed by atoms with van der Waals surface area (Å²) in [5, 5.41) is 2.00. The van der Waals surface area contributed by atoms with Crippen LogP contribution in [0, 0.1) is 0 Å². The molecule has 0 unspecified atom stereocenters. The Morgan fingerprint density at radius 2 is 1.50 bits per heavy atom. The zero-order valence-electron chi connectivity index (χ0n) is 9.82. The van der Waals surface area contributed by atoms with E-state index in [0.29, 0.717) is 13.1 Å². The molecule has 0 aliphatic carbocycles. The number of carbonyl (C=O) groups excluding carboxylic acids is 2. The summed E-state index contributed by atoms with van der Waals surface area (Å²) in [6.07, 6.45) is 5.53. The molecule has 0 bridgehead atoms. The van der Waals surface area contributed by atoms with Crippen LogP contribution in [0.4, 0.5) is 0 Å². The Morgan fingerprint density at radius 1 is 1.11 bits per heavy atom. The van der Waals surface area contributed by atoms with E-state index < -0.39 is 5.24 Å². The Hall–Kier alpha value is -1.65. The van der Waals surface area contributed by atoms with E-state index in [4.69, 9.17) is 17.3 Å². The van der Waals surface area contributed by atoms with E-state index in [9.17, 15) is 9.59 Å². The standard InChI is InChI=1S/C6H9NO.C3H3ClO.C3H7N.CH4/c1-3-5-7-6(8)4-2;1-2-3(4)5;1-2-3-4;/h3-4H,1-2,5H2,(H,7,8);2H,1H2;2H,1,3-4H2;1H4. The van der Waals surface area contributed by atoms with Crippen molar-refractivity contribution in [3.05, 3.63) is 50.6 Å². The summed E-state index contributed by atoms with van der Waals surface area (Å²) < 4.78 is 0. The smallest absolute Gasteiger partial charge is 0.244 e. The lowest BCUT2D eigenvalue weighted by Crippen LogP contribution is -2.19. The van der Waals surface area contributed by atoms with Gasteiger partial charge in [-0.3, -0.25) is 9.59 Å². The van der Waals surface area contributed by atoms with Crippen molar-refractivity contribution in [2.24, 2.45) is 5.73 Å². The molecule has 0 saturated carbocycles. The topological polar surface area (TPSA) is 72.2 Å². The molecule has 4 nitrogen and oxygen atoms in total. The van der Waals surface area contributed by atoms with E-state index in [1.165, 1.54) is 6.08 Å². The summed E-state index contributed by atoms with van der Waals surface area (Å²) in [5.41, 5.74) is 4.91. The minimum atomic E-state index is -0.509. The lowest BCUT2D eigenvalue weighted by molar-refractivity contribution is -0.116. The van der Waals surface area contributed by atoms with E-state index in [2.05, 4.69) is 31.6 Å². The van der Waals surface area contributed by atoms with Crippen molar-refractivity contribution >= 4 is 22.8 Å². The minimum absolute atomic E-state index is 0. The first-order valence-electron chi connectivity index (χ1n) is 4.64. The number of nitrogens with one attached hydrogen (secondary N) is 1. The number of rotatable bonds is 5. The first-order valence-corrected chi connectivity index (χ1v) is 5.01. The number of halogens is 1. The van der Waals surface area contributed by atoms with Gasteiger partial charge in [0.25, 0.3) is 0 Å². The molecule has 0 heterocycles. The molecule has 104 valence electrons. The molecule has 0 aromatic heterocycles. The normalized spacial score (nSPS) is 6.56. The molecule has 0 rings (SSSR count). The van der Waals surface area contributed by atoms with E-state index in [1.54, 1.807) is 12.2 Å². The molecule has 1 amide bonds. The highest BCUT2D eigenvalue weighted by Gasteiger charge is 1.85. The van der Waals surface area contributed by atoms with Crippen LogP contribution in [0.15, 0.2) is 50.6 Å². The van der Waals surface area contributed by atoms with Gasteiger partial charge < -0.3 is 11.1 Å². The Labute approximate surface area is 115 Å². The molecule has 0 aliphatic heterocycles. The molecular weight excluding hydrogens is 252 g/mol. The van der Waals surface area contributed by atoms with Crippen molar-refractivity contribution in [2.45, 2.75) is 7.43 Å². The summed E-state index contributed by atoms with van der Waals surface area (Å²) in [5.74, 6) is -0.162. The molecule has 0 aromatic carbocycles. The number of allylic oxidation sites excluding steroid dienone is 1. The molecule has 0 radical (unpaired) electrons. The van der Waals surface area contributed by atoms with Crippen molar-refractivity contribution in [1.29, 1.82) is 0 Å². The Bertz CT molecular complexity index is 264. The van der Waals surface area contributed by atoms with E-state index in [0.717, 1.165) is 6.08 Å². The summed E-state index contributed by atoms with van der Waals surface area (Å²) >= 11 is 4.71. The average Bonchev–Trinajstić information content (AvgIpc) is 2.36. The van der Waals surface area contributed by atoms with Crippen LogP contribution in [0.5, 0.6) is 0 Å². The van der Waals surface area contributed by atoms with Crippen LogP contribution >= 0.6 is 11.6 Å². The lowest BCUT2D eigenvalue weighted by atomic mass is 10.5. The first kappa shape index (κ1) is 25.3. The Kier molecular flexibility index (Phi) is 34.4. The summed E-state index contributed by atoms with van der Waals surface area (Å²) in [6, 6.07) is 0. The second-order valence-corrected chi connectivity index (χ2v) is 2.64. The Balaban J connectivity index is -0.0000000855. The van der Waals surface area contributed by atoms with Gasteiger partial charge in [-0.1, -0.05) is 32.7 Å². The maximum absolute atomic E-state index is 10.3. The molecule has 0 fully saturated rings. The molecule has 3 N–H and O–H groups in total. The fourth-order valence-electron chi connectivity index (χ4n) is 0.245. The van der Waals surface area contributed by atoms with Gasteiger partial charge in [0.1, 0.15) is 0 Å². The van der Waals surface area contributed by atoms with Crippen LogP contribution in [0.2, 0.25) is 0 Å². The zero-order valence-corrected chi connectivity index (χ0v) is 10.6. The second-order valence-electron chi connectivity index (χ2n) is 2.27. The number of hydrogen-bond donors (Lipinski definition) is 2. The molecule has 0 atom stereocenters. The SMILES string of the molecule is C.C=CC(=O)Cl.C=CCN.C=CCNC(=O)C=C. The molecule has 0 saturated heterocycles. The third-order valence-corrected chi connectivity index (χ3v) is 1.09. The predicted molar refractivity (Wildman–Crippen MR) is 80.4 cm³/mol. The van der Waals surface area contributed by atoms with Gasteiger partial charge in [0.05, 0.1) is 0 Å². The minimum Gasteiger partial charge on any atom is -0.349 e. The monoisotopic (exact) mass is 274 g/mol. The van der Waals surface area contributed by atoms with Crippen LogP contribution < -0.4 is 11.1 Å². The Morgan fingerprint density at radius 3 is 1.67 bits per heavy atom. The van der Waals surface area contributed by atoms with E-state index in [1.807, 2.05) is 0 Å². The molecule has 0 aromatic rings. The quantitative estimate of drug-likeness (QED) is 0.458. The number of nitrogens with two attached hydrogens (primary N) is 1. The van der Waals surface area contributed by atoms with E-state index in [-0.39, 0.29) is 13.3 Å². The van der Waals surface area contributed by atoms with Crippen LogP contribution in [0.25, 0.3) is 0 Å². The van der Waals surface area contributed by atoms with E-state index >= 15 is 0 Å². The molecule has 18 heavy (non-hydrogen) atoms. The molecule has 5 heteroatoms. The maximum atomic E-state index is 10.3. The highest BCUT2D eigenvalue weighted by molar-refractivity contribution is 6.66. The third-order valence-electron chi connectivity index (χ3n) is 0.933. The number of amides is 1. The second kappa shape index (κ2) is 24.5. The van der Waals surface area contributed by atoms with Gasteiger partial charge in [-0.05, 0) is 23.8 Å². The first-order chi connectivity index (χ1) is 7.99. The van der Waals surface area contributed by atoms with Crippen molar-refractivity contribution < 1.29 is 9.59 Å². The van der Waals surface area contributed by atoms with Gasteiger partial charge >= 0.3 is 0 Å². The molecule has 0 aliphatic rings. The van der Waals surface area contributed by atoms with Gasteiger partial charge in [0.2, 0.25) is 11.1 Å².